The minimum absolute atomic E-state index is 0.0875. The highest BCUT2D eigenvalue weighted by Crippen LogP contribution is 2.41. The van der Waals surface area contributed by atoms with Gasteiger partial charge in [0.25, 0.3) is 0 Å². The van der Waals surface area contributed by atoms with Crippen molar-refractivity contribution in [3.05, 3.63) is 29.8 Å². The Morgan fingerprint density at radius 3 is 2.95 bits per heavy atom. The van der Waals surface area contributed by atoms with E-state index in [1.165, 1.54) is 0 Å². The zero-order valence-corrected chi connectivity index (χ0v) is 11.1. The molecular formula is C14H17N5O. The number of rotatable bonds is 0. The number of ether oxygens (including phenoxy) is 1. The molecule has 0 bridgehead atoms. The van der Waals surface area contributed by atoms with E-state index in [4.69, 9.17) is 16.2 Å². The van der Waals surface area contributed by atoms with Gasteiger partial charge in [-0.05, 0) is 12.5 Å². The third-order valence-electron chi connectivity index (χ3n) is 4.08. The number of benzene rings is 1. The molecule has 20 heavy (non-hydrogen) atoms. The standard InChI is InChI=1S/C14H17N5O/c15-8-5-6-19(7-8)13-12-11(17-14(16)18-13)9-3-1-2-4-10(9)20-12/h1-4,8,11-12H,5-7,15H2,(H2,16,17)/t8-,11?,12?/m1/s1. The predicted octanol–water partition coefficient (Wildman–Crippen LogP) is 0.249. The normalized spacial score (nSPS) is 31.2. The van der Waals surface area contributed by atoms with Gasteiger partial charge in [0, 0.05) is 24.7 Å². The van der Waals surface area contributed by atoms with Crippen LogP contribution in [0.25, 0.3) is 0 Å². The van der Waals surface area contributed by atoms with E-state index < -0.39 is 0 Å². The number of nitrogens with two attached hydrogens (primary N) is 2. The predicted molar refractivity (Wildman–Crippen MR) is 76.8 cm³/mol. The minimum atomic E-state index is -0.176. The van der Waals surface area contributed by atoms with E-state index in [1.807, 2.05) is 24.3 Å². The van der Waals surface area contributed by atoms with Crippen molar-refractivity contribution >= 4 is 11.8 Å². The van der Waals surface area contributed by atoms with Crippen molar-refractivity contribution in [2.75, 3.05) is 13.1 Å². The molecule has 0 spiro atoms. The number of guanidine groups is 1. The van der Waals surface area contributed by atoms with Gasteiger partial charge in [0.05, 0.1) is 0 Å². The molecule has 1 saturated heterocycles. The van der Waals surface area contributed by atoms with Crippen molar-refractivity contribution in [2.24, 2.45) is 21.5 Å². The SMILES string of the molecule is NC1=NC2c3ccccc3OC2C(N2CC[C@@H](N)C2)=N1. The highest BCUT2D eigenvalue weighted by Gasteiger charge is 2.43. The fourth-order valence-electron chi connectivity index (χ4n) is 3.13. The Balaban J connectivity index is 1.71. The second-order valence-corrected chi connectivity index (χ2v) is 5.47. The fourth-order valence-corrected chi connectivity index (χ4v) is 3.13. The van der Waals surface area contributed by atoms with Crippen LogP contribution in [0.5, 0.6) is 5.75 Å². The van der Waals surface area contributed by atoms with Gasteiger partial charge >= 0.3 is 0 Å². The third kappa shape index (κ3) is 1.68. The van der Waals surface area contributed by atoms with Gasteiger partial charge in [0.2, 0.25) is 5.96 Å². The van der Waals surface area contributed by atoms with Crippen LogP contribution >= 0.6 is 0 Å². The molecule has 3 aliphatic heterocycles. The number of nitrogens with zero attached hydrogens (tertiary/aromatic N) is 3. The molecule has 3 aliphatic rings. The molecule has 0 amide bonds. The lowest BCUT2D eigenvalue weighted by atomic mass is 10.0. The van der Waals surface area contributed by atoms with Crippen LogP contribution in [0, 0.1) is 0 Å². The molecule has 1 fully saturated rings. The zero-order chi connectivity index (χ0) is 13.7. The van der Waals surface area contributed by atoms with E-state index in [9.17, 15) is 0 Å². The number of amidine groups is 1. The molecule has 6 nitrogen and oxygen atoms in total. The molecule has 0 aliphatic carbocycles. The van der Waals surface area contributed by atoms with E-state index in [1.54, 1.807) is 0 Å². The summed E-state index contributed by atoms with van der Waals surface area (Å²) in [6.45, 7) is 1.70. The molecule has 3 heterocycles. The first-order valence-corrected chi connectivity index (χ1v) is 6.90. The van der Waals surface area contributed by atoms with E-state index in [-0.39, 0.29) is 18.2 Å². The number of aliphatic imine (C=N–C) groups is 2. The Hall–Kier alpha value is -2.08. The first-order valence-electron chi connectivity index (χ1n) is 6.90. The molecule has 0 saturated carbocycles. The number of hydrogen-bond donors (Lipinski definition) is 2. The lowest BCUT2D eigenvalue weighted by Gasteiger charge is -2.29. The number of hydrogen-bond acceptors (Lipinski definition) is 6. The number of likely N-dealkylation sites (tertiary alicyclic amines) is 1. The van der Waals surface area contributed by atoms with Crippen LogP contribution in [0.1, 0.15) is 18.0 Å². The van der Waals surface area contributed by atoms with Gasteiger partial charge in [-0.1, -0.05) is 18.2 Å². The summed E-state index contributed by atoms with van der Waals surface area (Å²) >= 11 is 0. The summed E-state index contributed by atoms with van der Waals surface area (Å²) in [4.78, 5) is 11.0. The average Bonchev–Trinajstić information content (AvgIpc) is 3.02. The van der Waals surface area contributed by atoms with Crippen LogP contribution in [-0.4, -0.2) is 41.9 Å². The maximum atomic E-state index is 6.04. The van der Waals surface area contributed by atoms with Crippen LogP contribution in [0.4, 0.5) is 0 Å². The monoisotopic (exact) mass is 271 g/mol. The summed E-state index contributed by atoms with van der Waals surface area (Å²) in [6, 6.07) is 8.07. The van der Waals surface area contributed by atoms with Crippen LogP contribution in [0.2, 0.25) is 0 Å². The van der Waals surface area contributed by atoms with Gasteiger partial charge < -0.3 is 21.1 Å². The van der Waals surface area contributed by atoms with Gasteiger partial charge in [-0.3, -0.25) is 0 Å². The smallest absolute Gasteiger partial charge is 0.217 e. The van der Waals surface area contributed by atoms with E-state index in [0.717, 1.165) is 36.7 Å². The molecule has 104 valence electrons. The van der Waals surface area contributed by atoms with E-state index in [2.05, 4.69) is 14.9 Å². The number of fused-ring (bicyclic) bond motifs is 3. The largest absolute Gasteiger partial charge is 0.479 e. The summed E-state index contributed by atoms with van der Waals surface area (Å²) in [7, 11) is 0. The summed E-state index contributed by atoms with van der Waals surface area (Å²) < 4.78 is 6.04. The Morgan fingerprint density at radius 2 is 2.15 bits per heavy atom. The molecular weight excluding hydrogens is 254 g/mol. The molecule has 2 unspecified atom stereocenters. The van der Waals surface area contributed by atoms with Crippen molar-refractivity contribution in [3.63, 3.8) is 0 Å². The minimum Gasteiger partial charge on any atom is -0.479 e. The summed E-state index contributed by atoms with van der Waals surface area (Å²) in [6.07, 6.45) is 0.797. The summed E-state index contributed by atoms with van der Waals surface area (Å²) in [5, 5.41) is 0. The molecule has 0 aromatic heterocycles. The Bertz CT molecular complexity index is 611. The van der Waals surface area contributed by atoms with Crippen molar-refractivity contribution in [1.29, 1.82) is 0 Å². The van der Waals surface area contributed by atoms with Crippen LogP contribution in [0.15, 0.2) is 34.3 Å². The van der Waals surface area contributed by atoms with Crippen LogP contribution in [-0.2, 0) is 0 Å². The third-order valence-corrected chi connectivity index (χ3v) is 4.08. The molecule has 3 atom stereocenters. The van der Waals surface area contributed by atoms with Crippen molar-refractivity contribution in [2.45, 2.75) is 24.6 Å². The van der Waals surface area contributed by atoms with E-state index in [0.29, 0.717) is 5.96 Å². The van der Waals surface area contributed by atoms with Gasteiger partial charge in [-0.2, -0.15) is 4.99 Å². The molecule has 6 heteroatoms. The summed E-state index contributed by atoms with van der Waals surface area (Å²) in [5.74, 6) is 2.06. The van der Waals surface area contributed by atoms with Crippen LogP contribution < -0.4 is 16.2 Å². The molecule has 1 aromatic rings. The Labute approximate surface area is 117 Å². The lowest BCUT2D eigenvalue weighted by molar-refractivity contribution is 0.253. The van der Waals surface area contributed by atoms with Gasteiger partial charge in [0.15, 0.2) is 11.9 Å². The van der Waals surface area contributed by atoms with Crippen molar-refractivity contribution in [3.8, 4) is 5.75 Å². The number of para-hydroxylation sites is 1. The molecule has 4 rings (SSSR count). The van der Waals surface area contributed by atoms with Gasteiger partial charge in [-0.25, -0.2) is 4.99 Å². The average molecular weight is 271 g/mol. The zero-order valence-electron chi connectivity index (χ0n) is 11.1. The first kappa shape index (κ1) is 11.7. The van der Waals surface area contributed by atoms with Crippen molar-refractivity contribution in [1.82, 2.24) is 4.90 Å². The van der Waals surface area contributed by atoms with E-state index >= 15 is 0 Å². The highest BCUT2D eigenvalue weighted by molar-refractivity contribution is 6.01. The quantitative estimate of drug-likeness (QED) is 0.708. The van der Waals surface area contributed by atoms with Crippen molar-refractivity contribution < 1.29 is 4.74 Å². The molecule has 0 radical (unpaired) electrons. The Kier molecular flexibility index (Phi) is 2.47. The maximum Gasteiger partial charge on any atom is 0.217 e. The van der Waals surface area contributed by atoms with Gasteiger partial charge in [-0.15, -0.1) is 0 Å². The summed E-state index contributed by atoms with van der Waals surface area (Å²) in [5.41, 5.74) is 13.0. The molecule has 4 N–H and O–H groups in total. The van der Waals surface area contributed by atoms with Crippen LogP contribution in [0.3, 0.4) is 0 Å². The fraction of sp³-hybridized carbons (Fsp3) is 0.429. The maximum absolute atomic E-state index is 6.04. The highest BCUT2D eigenvalue weighted by atomic mass is 16.5. The topological polar surface area (TPSA) is 89.2 Å². The lowest BCUT2D eigenvalue weighted by Crippen LogP contribution is -2.45. The second kappa shape index (κ2) is 4.21. The Morgan fingerprint density at radius 1 is 1.30 bits per heavy atom. The second-order valence-electron chi connectivity index (χ2n) is 5.47. The molecule has 1 aromatic carbocycles. The van der Waals surface area contributed by atoms with Gasteiger partial charge in [0.1, 0.15) is 11.8 Å². The first-order chi connectivity index (χ1) is 9.72.